The maximum atomic E-state index is 12.1. The highest BCUT2D eigenvalue weighted by Gasteiger charge is 2.28. The molecule has 0 spiro atoms. The molecule has 184 valence electrons. The molecule has 0 N–H and O–H groups in total. The Morgan fingerprint density at radius 2 is 1.20 bits per heavy atom. The van der Waals surface area contributed by atoms with Gasteiger partial charge in [0.25, 0.3) is 0 Å². The molecular weight excluding hydrogens is 497 g/mol. The van der Waals surface area contributed by atoms with Gasteiger partial charge >= 0.3 is 11.9 Å². The zero-order valence-corrected chi connectivity index (χ0v) is 22.7. The molecule has 0 heterocycles. The van der Waals surface area contributed by atoms with Gasteiger partial charge in [-0.05, 0) is 86.8 Å². The fourth-order valence-corrected chi connectivity index (χ4v) is 6.47. The average Bonchev–Trinajstić information content (AvgIpc) is 2.83. The number of fused-ring (bicyclic) bond motifs is 2. The van der Waals surface area contributed by atoms with E-state index in [0.29, 0.717) is 11.1 Å². The lowest BCUT2D eigenvalue weighted by Gasteiger charge is -2.28. The monoisotopic (exact) mass is 526 g/mol. The molecule has 7 heteroatoms. The van der Waals surface area contributed by atoms with Crippen LogP contribution in [0.4, 0.5) is 0 Å². The molecule has 0 bridgehead atoms. The Balaban J connectivity index is 1.59. The topological polar surface area (TPSA) is 52.6 Å². The predicted octanol–water partition coefficient (Wildman–Crippen LogP) is 7.41. The van der Waals surface area contributed by atoms with Gasteiger partial charge < -0.3 is 9.47 Å². The average molecular weight is 527 g/mol. The molecule has 0 saturated heterocycles. The number of carbonyl (C=O) groups is 2. The van der Waals surface area contributed by atoms with E-state index in [9.17, 15) is 9.59 Å². The Bertz CT molecular complexity index is 1120. The zero-order chi connectivity index (χ0) is 25.3. The Morgan fingerprint density at radius 1 is 0.800 bits per heavy atom. The molecule has 2 aromatic carbocycles. The molecule has 4 nitrogen and oxygen atoms in total. The molecule has 0 aliphatic heterocycles. The first kappa shape index (κ1) is 26.0. The number of ether oxygens (including phenoxy) is 2. The minimum absolute atomic E-state index is 0.268. The fourth-order valence-electron chi connectivity index (χ4n) is 4.62. The summed E-state index contributed by atoms with van der Waals surface area (Å²) in [6.45, 7) is 10.7. The highest BCUT2D eigenvalue weighted by Crippen LogP contribution is 2.45. The summed E-state index contributed by atoms with van der Waals surface area (Å²) in [4.78, 5) is 28.1. The van der Waals surface area contributed by atoms with Gasteiger partial charge in [0.2, 0.25) is 0 Å². The SMILES string of the molecule is C=C(C)C(=O)OC1CCCc2c1ccc(Sc1ccc3c(c1S)CCCC3OC(=O)C(=C)C)c2S. The van der Waals surface area contributed by atoms with E-state index in [-0.39, 0.29) is 24.1 Å². The summed E-state index contributed by atoms with van der Waals surface area (Å²) in [5.74, 6) is -0.717. The fraction of sp³-hybridized carbons (Fsp3) is 0.357. The van der Waals surface area contributed by atoms with E-state index in [2.05, 4.69) is 25.3 Å². The van der Waals surface area contributed by atoms with Crippen molar-refractivity contribution in [2.45, 2.75) is 84.2 Å². The number of rotatable bonds is 6. The summed E-state index contributed by atoms with van der Waals surface area (Å²) in [6, 6.07) is 8.19. The molecule has 2 aliphatic rings. The van der Waals surface area contributed by atoms with Gasteiger partial charge in [-0.1, -0.05) is 37.1 Å². The van der Waals surface area contributed by atoms with Crippen molar-refractivity contribution in [3.8, 4) is 0 Å². The van der Waals surface area contributed by atoms with Crippen LogP contribution in [-0.4, -0.2) is 11.9 Å². The molecule has 0 aromatic heterocycles. The van der Waals surface area contributed by atoms with Gasteiger partial charge in [0.15, 0.2) is 0 Å². The first-order valence-electron chi connectivity index (χ1n) is 11.8. The van der Waals surface area contributed by atoms with E-state index < -0.39 is 0 Å². The van der Waals surface area contributed by atoms with E-state index >= 15 is 0 Å². The van der Waals surface area contributed by atoms with Crippen molar-refractivity contribution >= 4 is 49.0 Å². The summed E-state index contributed by atoms with van der Waals surface area (Å²) in [6.07, 6.45) is 4.73. The molecule has 0 saturated carbocycles. The highest BCUT2D eigenvalue weighted by molar-refractivity contribution is 8.00. The number of hydrogen-bond donors (Lipinski definition) is 2. The van der Waals surface area contributed by atoms with Crippen LogP contribution in [0.5, 0.6) is 0 Å². The molecule has 2 atom stereocenters. The summed E-state index contributed by atoms with van der Waals surface area (Å²) in [5, 5.41) is 0. The van der Waals surface area contributed by atoms with Crippen LogP contribution in [0.25, 0.3) is 0 Å². The van der Waals surface area contributed by atoms with Gasteiger partial charge in [-0.25, -0.2) is 9.59 Å². The van der Waals surface area contributed by atoms with Gasteiger partial charge in [-0.2, -0.15) is 0 Å². The summed E-state index contributed by atoms with van der Waals surface area (Å²) in [7, 11) is 0. The Morgan fingerprint density at radius 3 is 1.57 bits per heavy atom. The summed E-state index contributed by atoms with van der Waals surface area (Å²) < 4.78 is 11.4. The third-order valence-corrected chi connectivity index (χ3v) is 8.90. The molecule has 0 fully saturated rings. The second-order valence-electron chi connectivity index (χ2n) is 9.20. The number of benzene rings is 2. The first-order valence-corrected chi connectivity index (χ1v) is 13.5. The van der Waals surface area contributed by atoms with Gasteiger partial charge in [0, 0.05) is 30.7 Å². The predicted molar refractivity (Wildman–Crippen MR) is 145 cm³/mol. The largest absolute Gasteiger partial charge is 0.454 e. The van der Waals surface area contributed by atoms with E-state index in [4.69, 9.17) is 34.7 Å². The maximum Gasteiger partial charge on any atom is 0.333 e. The molecule has 4 rings (SSSR count). The minimum Gasteiger partial charge on any atom is -0.454 e. The van der Waals surface area contributed by atoms with Crippen molar-refractivity contribution < 1.29 is 19.1 Å². The van der Waals surface area contributed by atoms with Crippen molar-refractivity contribution in [1.29, 1.82) is 0 Å². The van der Waals surface area contributed by atoms with Gasteiger partial charge in [0.05, 0.1) is 0 Å². The molecular formula is C28H30O4S3. The summed E-state index contributed by atoms with van der Waals surface area (Å²) in [5.41, 5.74) is 5.13. The van der Waals surface area contributed by atoms with E-state index in [1.165, 1.54) is 0 Å². The van der Waals surface area contributed by atoms with Crippen LogP contribution < -0.4 is 0 Å². The second kappa shape index (κ2) is 10.9. The van der Waals surface area contributed by atoms with E-state index in [1.54, 1.807) is 25.6 Å². The summed E-state index contributed by atoms with van der Waals surface area (Å²) >= 11 is 11.4. The van der Waals surface area contributed by atoms with E-state index in [0.717, 1.165) is 80.4 Å². The van der Waals surface area contributed by atoms with Crippen molar-refractivity contribution in [2.75, 3.05) is 0 Å². The van der Waals surface area contributed by atoms with Crippen LogP contribution in [-0.2, 0) is 31.9 Å². The molecule has 2 aliphatic carbocycles. The lowest BCUT2D eigenvalue weighted by Crippen LogP contribution is -2.18. The molecule has 0 amide bonds. The van der Waals surface area contributed by atoms with Crippen LogP contribution >= 0.6 is 37.0 Å². The third kappa shape index (κ3) is 5.52. The van der Waals surface area contributed by atoms with Gasteiger partial charge in [-0.15, -0.1) is 25.3 Å². The quantitative estimate of drug-likeness (QED) is 0.233. The normalized spacial score (nSPS) is 18.7. The van der Waals surface area contributed by atoms with Crippen LogP contribution in [0.1, 0.15) is 74.0 Å². The number of hydrogen-bond acceptors (Lipinski definition) is 7. The van der Waals surface area contributed by atoms with Gasteiger partial charge in [-0.3, -0.25) is 0 Å². The number of carbonyl (C=O) groups excluding carboxylic acids is 2. The van der Waals surface area contributed by atoms with Crippen molar-refractivity contribution in [3.05, 3.63) is 70.8 Å². The molecule has 35 heavy (non-hydrogen) atoms. The molecule has 2 unspecified atom stereocenters. The van der Waals surface area contributed by atoms with Crippen LogP contribution in [0.2, 0.25) is 0 Å². The second-order valence-corrected chi connectivity index (χ2v) is 11.2. The Labute approximate surface area is 222 Å². The lowest BCUT2D eigenvalue weighted by molar-refractivity contribution is -0.146. The van der Waals surface area contributed by atoms with Crippen LogP contribution in [0.3, 0.4) is 0 Å². The van der Waals surface area contributed by atoms with Gasteiger partial charge in [0.1, 0.15) is 12.2 Å². The van der Waals surface area contributed by atoms with Crippen LogP contribution in [0.15, 0.2) is 68.2 Å². The smallest absolute Gasteiger partial charge is 0.333 e. The molecule has 0 radical (unpaired) electrons. The van der Waals surface area contributed by atoms with Crippen LogP contribution in [0, 0.1) is 0 Å². The van der Waals surface area contributed by atoms with Crippen molar-refractivity contribution in [3.63, 3.8) is 0 Å². The zero-order valence-electron chi connectivity index (χ0n) is 20.1. The minimum atomic E-state index is -0.358. The maximum absolute atomic E-state index is 12.1. The standard InChI is InChI=1S/C28H30O4S3/c1-15(2)27(29)31-21-9-5-7-19-17(21)11-13-23(25(19)33)35-24-14-12-18-20(26(24)34)8-6-10-22(18)32-28(30)16(3)4/h11-14,21-22,33-34H,1,3,5-10H2,2,4H3. The molecule has 2 aromatic rings. The lowest BCUT2D eigenvalue weighted by atomic mass is 9.89. The number of esters is 2. The van der Waals surface area contributed by atoms with Crippen molar-refractivity contribution in [2.24, 2.45) is 0 Å². The van der Waals surface area contributed by atoms with Crippen molar-refractivity contribution in [1.82, 2.24) is 0 Å². The highest BCUT2D eigenvalue weighted by atomic mass is 32.2. The Kier molecular flexibility index (Phi) is 8.09. The number of thiol groups is 2. The van der Waals surface area contributed by atoms with E-state index in [1.807, 2.05) is 12.1 Å². The third-order valence-electron chi connectivity index (χ3n) is 6.46. The first-order chi connectivity index (χ1) is 16.7. The Hall–Kier alpha value is -2.09.